The molecule has 1 heterocycles. The van der Waals surface area contributed by atoms with E-state index in [9.17, 15) is 4.79 Å². The molecule has 2 N–H and O–H groups in total. The molecule has 9 heteroatoms. The summed E-state index contributed by atoms with van der Waals surface area (Å²) in [6, 6.07) is 7.48. The van der Waals surface area contributed by atoms with Gasteiger partial charge in [0.25, 0.3) is 5.22 Å². The van der Waals surface area contributed by atoms with E-state index in [1.807, 2.05) is 24.3 Å². The van der Waals surface area contributed by atoms with E-state index in [0.29, 0.717) is 29.1 Å². The highest BCUT2D eigenvalue weighted by Crippen LogP contribution is 2.22. The van der Waals surface area contributed by atoms with Crippen LogP contribution in [0, 0.1) is 0 Å². The fraction of sp³-hybridized carbons (Fsp3) is 0.400. The van der Waals surface area contributed by atoms with Gasteiger partial charge < -0.3 is 14.5 Å². The van der Waals surface area contributed by atoms with Gasteiger partial charge in [-0.15, -0.1) is 0 Å². The second-order valence-electron chi connectivity index (χ2n) is 4.91. The lowest BCUT2D eigenvalue weighted by Gasteiger charge is -2.21. The second-order valence-corrected chi connectivity index (χ2v) is 6.22. The molecule has 0 unspecified atom stereocenters. The highest BCUT2D eigenvalue weighted by Gasteiger charge is 2.11. The van der Waals surface area contributed by atoms with Crippen LogP contribution in [0.1, 0.15) is 6.42 Å². The molecule has 0 atom stereocenters. The smallest absolute Gasteiger partial charge is 0.257 e. The van der Waals surface area contributed by atoms with Crippen LogP contribution < -0.4 is 10.7 Å². The Bertz CT molecular complexity index is 659. The Labute approximate surface area is 150 Å². The third kappa shape index (κ3) is 5.66. The third-order valence-corrected chi connectivity index (χ3v) is 4.25. The van der Waals surface area contributed by atoms with Gasteiger partial charge in [0, 0.05) is 27.3 Å². The lowest BCUT2D eigenvalue weighted by Crippen LogP contribution is -2.48. The van der Waals surface area contributed by atoms with Gasteiger partial charge in [0.05, 0.1) is 5.75 Å². The molecule has 0 fully saturated rings. The van der Waals surface area contributed by atoms with Crippen LogP contribution in [0.2, 0.25) is 0 Å². The van der Waals surface area contributed by atoms with E-state index in [1.165, 1.54) is 16.8 Å². The number of benzene rings is 1. The number of oxazole rings is 1. The van der Waals surface area contributed by atoms with E-state index in [1.54, 1.807) is 14.2 Å². The van der Waals surface area contributed by atoms with Crippen molar-refractivity contribution in [3.63, 3.8) is 0 Å². The molecule has 0 aliphatic rings. The van der Waals surface area contributed by atoms with Crippen LogP contribution in [0.4, 0.5) is 0 Å². The number of nitrogens with zero attached hydrogens (tertiary/aromatic N) is 2. The fourth-order valence-corrected chi connectivity index (χ4v) is 2.62. The molecule has 1 aromatic heterocycles. The topological polar surface area (TPSA) is 79.6 Å². The molecule has 0 saturated carbocycles. The Balaban J connectivity index is 1.73. The molecule has 7 nitrogen and oxygen atoms in total. The number of hydrogen-bond acceptors (Lipinski definition) is 6. The molecular weight excluding hydrogens is 348 g/mol. The van der Waals surface area contributed by atoms with Gasteiger partial charge in [0.2, 0.25) is 5.91 Å². The van der Waals surface area contributed by atoms with E-state index >= 15 is 0 Å². The van der Waals surface area contributed by atoms with Gasteiger partial charge in [-0.25, -0.2) is 4.98 Å². The van der Waals surface area contributed by atoms with Gasteiger partial charge in [-0.3, -0.25) is 15.2 Å². The number of carbonyl (C=O) groups is 1. The van der Waals surface area contributed by atoms with Crippen LogP contribution in [0.3, 0.4) is 0 Å². The summed E-state index contributed by atoms with van der Waals surface area (Å²) in [4.78, 5) is 16.3. The van der Waals surface area contributed by atoms with Crippen molar-refractivity contribution in [2.45, 2.75) is 11.6 Å². The minimum atomic E-state index is -0.189. The van der Waals surface area contributed by atoms with E-state index in [2.05, 4.69) is 15.7 Å². The number of hydrogen-bond donors (Lipinski definition) is 2. The molecule has 2 aromatic rings. The Kier molecular flexibility index (Phi) is 7.29. The number of amides is 1. The first kappa shape index (κ1) is 18.5. The maximum atomic E-state index is 12.0. The summed E-state index contributed by atoms with van der Waals surface area (Å²) in [6.07, 6.45) is 0.839. The number of thioether (sulfide) groups is 1. The Morgan fingerprint density at radius 2 is 2.25 bits per heavy atom. The number of rotatable bonds is 7. The zero-order valence-corrected chi connectivity index (χ0v) is 15.2. The van der Waals surface area contributed by atoms with Crippen molar-refractivity contribution in [3.05, 3.63) is 24.3 Å². The molecule has 0 saturated heterocycles. The van der Waals surface area contributed by atoms with Crippen molar-refractivity contribution < 1.29 is 13.9 Å². The molecule has 1 amide bonds. The highest BCUT2D eigenvalue weighted by molar-refractivity contribution is 7.99. The van der Waals surface area contributed by atoms with Crippen LogP contribution in [0.5, 0.6) is 0 Å². The standard InChI is InChI=1S/C15H20N4O3S2/c1-19(14(23)16-8-5-9-21-2)18-13(20)10-24-15-17-11-6-3-4-7-12(11)22-15/h3-4,6-7H,5,8-10H2,1-2H3,(H,16,23)(H,18,20). The second kappa shape index (κ2) is 9.45. The normalized spacial score (nSPS) is 10.6. The molecule has 0 spiro atoms. The quantitative estimate of drug-likeness (QED) is 0.331. The van der Waals surface area contributed by atoms with Gasteiger partial charge in [-0.1, -0.05) is 23.9 Å². The summed E-state index contributed by atoms with van der Waals surface area (Å²) in [7, 11) is 3.34. The largest absolute Gasteiger partial charge is 0.431 e. The molecule has 0 aliphatic heterocycles. The van der Waals surface area contributed by atoms with Crippen molar-refractivity contribution in [1.82, 2.24) is 20.7 Å². The van der Waals surface area contributed by atoms with Crippen molar-refractivity contribution in [1.29, 1.82) is 0 Å². The lowest BCUT2D eigenvalue weighted by atomic mass is 10.3. The maximum Gasteiger partial charge on any atom is 0.257 e. The van der Waals surface area contributed by atoms with Crippen LogP contribution in [-0.2, 0) is 9.53 Å². The fourth-order valence-electron chi connectivity index (χ4n) is 1.84. The molecule has 24 heavy (non-hydrogen) atoms. The van der Waals surface area contributed by atoms with Crippen molar-refractivity contribution in [2.24, 2.45) is 0 Å². The zero-order chi connectivity index (χ0) is 17.4. The molecule has 130 valence electrons. The molecule has 0 radical (unpaired) electrons. The number of fused-ring (bicyclic) bond motifs is 1. The van der Waals surface area contributed by atoms with E-state index in [4.69, 9.17) is 21.4 Å². The molecule has 0 bridgehead atoms. The predicted octanol–water partition coefficient (Wildman–Crippen LogP) is 1.79. The number of thiocarbonyl (C=S) groups is 1. The highest BCUT2D eigenvalue weighted by atomic mass is 32.2. The van der Waals surface area contributed by atoms with E-state index in [0.717, 1.165) is 11.9 Å². The minimum Gasteiger partial charge on any atom is -0.431 e. The summed E-state index contributed by atoms with van der Waals surface area (Å²) < 4.78 is 10.5. The van der Waals surface area contributed by atoms with Gasteiger partial charge in [-0.2, -0.15) is 0 Å². The first-order valence-corrected chi connectivity index (χ1v) is 8.78. The first-order chi connectivity index (χ1) is 11.6. The molecule has 1 aromatic carbocycles. The average Bonchev–Trinajstić information content (AvgIpc) is 2.99. The van der Waals surface area contributed by atoms with Crippen molar-refractivity contribution in [2.75, 3.05) is 33.1 Å². The molecular formula is C15H20N4O3S2. The lowest BCUT2D eigenvalue weighted by molar-refractivity contribution is -0.121. The number of methoxy groups -OCH3 is 1. The number of hydrazine groups is 1. The van der Waals surface area contributed by atoms with Crippen LogP contribution in [-0.4, -0.2) is 54.1 Å². The molecule has 2 rings (SSSR count). The summed E-state index contributed by atoms with van der Waals surface area (Å²) >= 11 is 6.42. The average molecular weight is 368 g/mol. The first-order valence-electron chi connectivity index (χ1n) is 7.38. The van der Waals surface area contributed by atoms with Crippen LogP contribution in [0.15, 0.2) is 33.9 Å². The van der Waals surface area contributed by atoms with Crippen LogP contribution >= 0.6 is 24.0 Å². The minimum absolute atomic E-state index is 0.184. The number of para-hydroxylation sites is 2. The van der Waals surface area contributed by atoms with E-state index < -0.39 is 0 Å². The third-order valence-electron chi connectivity index (χ3n) is 3.00. The summed E-state index contributed by atoms with van der Waals surface area (Å²) in [5, 5.41) is 5.44. The van der Waals surface area contributed by atoms with Crippen molar-refractivity contribution in [3.8, 4) is 0 Å². The van der Waals surface area contributed by atoms with Gasteiger partial charge in [0.1, 0.15) is 5.52 Å². The number of nitrogens with one attached hydrogen (secondary N) is 2. The monoisotopic (exact) mass is 368 g/mol. The Hall–Kier alpha value is -1.84. The van der Waals surface area contributed by atoms with Crippen LogP contribution in [0.25, 0.3) is 11.1 Å². The number of carbonyl (C=O) groups excluding carboxylic acids is 1. The van der Waals surface area contributed by atoms with Gasteiger partial charge in [-0.05, 0) is 30.8 Å². The summed E-state index contributed by atoms with van der Waals surface area (Å²) in [5.41, 5.74) is 4.18. The predicted molar refractivity (Wildman–Crippen MR) is 97.7 cm³/mol. The Morgan fingerprint density at radius 3 is 3.00 bits per heavy atom. The number of aromatic nitrogens is 1. The van der Waals surface area contributed by atoms with Gasteiger partial charge >= 0.3 is 0 Å². The Morgan fingerprint density at radius 1 is 1.46 bits per heavy atom. The summed E-state index contributed by atoms with van der Waals surface area (Å²) in [5.74, 6) is -0.00510. The zero-order valence-electron chi connectivity index (χ0n) is 13.6. The summed E-state index contributed by atoms with van der Waals surface area (Å²) in [6.45, 7) is 1.34. The number of ether oxygens (including phenoxy) is 1. The van der Waals surface area contributed by atoms with Crippen molar-refractivity contribution >= 4 is 46.1 Å². The van der Waals surface area contributed by atoms with Gasteiger partial charge in [0.15, 0.2) is 10.7 Å². The molecule has 0 aliphatic carbocycles. The van der Waals surface area contributed by atoms with E-state index in [-0.39, 0.29) is 11.7 Å². The maximum absolute atomic E-state index is 12.0. The SMILES string of the molecule is COCCCNC(=S)N(C)NC(=O)CSc1nc2ccccc2o1.